The van der Waals surface area contributed by atoms with Gasteiger partial charge < -0.3 is 19.5 Å². The van der Waals surface area contributed by atoms with Crippen LogP contribution in [0.1, 0.15) is 35.9 Å². The zero-order valence-corrected chi connectivity index (χ0v) is 16.0. The molecule has 146 valence electrons. The summed E-state index contributed by atoms with van der Waals surface area (Å²) in [4.78, 5) is 14.9. The summed E-state index contributed by atoms with van der Waals surface area (Å²) in [6.45, 7) is 4.47. The number of amides is 2. The molecule has 2 amide bonds. The lowest BCUT2D eigenvalue weighted by Gasteiger charge is -2.25. The van der Waals surface area contributed by atoms with E-state index < -0.39 is 0 Å². The number of aromatic nitrogens is 4. The predicted octanol–water partition coefficient (Wildman–Crippen LogP) is 3.25. The van der Waals surface area contributed by atoms with Gasteiger partial charge in [-0.05, 0) is 44.9 Å². The van der Waals surface area contributed by atoms with Crippen LogP contribution in [-0.2, 0) is 0 Å². The Morgan fingerprint density at radius 1 is 1.29 bits per heavy atom. The topological polar surface area (TPSA) is 98.3 Å². The van der Waals surface area contributed by atoms with E-state index in [4.69, 9.17) is 9.26 Å². The molecule has 0 bridgehead atoms. The van der Waals surface area contributed by atoms with Gasteiger partial charge in [0.1, 0.15) is 24.2 Å². The molecular weight excluding hydrogens is 360 g/mol. The third-order valence-electron chi connectivity index (χ3n) is 5.08. The normalized spacial score (nSPS) is 16.4. The Hall–Kier alpha value is -3.36. The maximum absolute atomic E-state index is 13.1. The number of rotatable bonds is 4. The average molecular weight is 382 g/mol. The molecule has 1 fully saturated rings. The predicted molar refractivity (Wildman–Crippen MR) is 102 cm³/mol. The maximum Gasteiger partial charge on any atom is 0.322 e. The highest BCUT2D eigenvalue weighted by molar-refractivity contribution is 5.92. The number of nitrogens with one attached hydrogen (secondary N) is 1. The van der Waals surface area contributed by atoms with Gasteiger partial charge in [0.05, 0.1) is 30.2 Å². The van der Waals surface area contributed by atoms with Crippen LogP contribution in [0.3, 0.4) is 0 Å². The van der Waals surface area contributed by atoms with Crippen LogP contribution in [0, 0.1) is 13.8 Å². The summed E-state index contributed by atoms with van der Waals surface area (Å²) in [6, 6.07) is 5.29. The van der Waals surface area contributed by atoms with E-state index in [1.807, 2.05) is 30.9 Å². The van der Waals surface area contributed by atoms with Crippen molar-refractivity contribution in [3.63, 3.8) is 0 Å². The molecule has 1 aromatic carbocycles. The molecule has 1 saturated heterocycles. The lowest BCUT2D eigenvalue weighted by Crippen LogP contribution is -2.35. The molecule has 3 aromatic rings. The summed E-state index contributed by atoms with van der Waals surface area (Å²) in [7, 11) is 1.58. The van der Waals surface area contributed by atoms with Gasteiger partial charge >= 0.3 is 6.03 Å². The standard InChI is InChI=1S/C19H22N6O3/c1-12-18(13(2)28-23-12)16-5-4-8-25(16)19(26)22-15-9-14(6-7-17(15)27-3)24-10-20-21-11-24/h6-7,9-11,16H,4-5,8H2,1-3H3,(H,22,26)/t16-/m0/s1. The van der Waals surface area contributed by atoms with Gasteiger partial charge in [-0.15, -0.1) is 10.2 Å². The van der Waals surface area contributed by atoms with Crippen molar-refractivity contribution >= 4 is 11.7 Å². The van der Waals surface area contributed by atoms with Gasteiger partial charge in [-0.3, -0.25) is 4.57 Å². The molecule has 1 aliphatic heterocycles. The number of hydrogen-bond acceptors (Lipinski definition) is 6. The fourth-order valence-corrected chi connectivity index (χ4v) is 3.75. The lowest BCUT2D eigenvalue weighted by atomic mass is 10.0. The number of hydrogen-bond donors (Lipinski definition) is 1. The van der Waals surface area contributed by atoms with Crippen molar-refractivity contribution in [3.8, 4) is 11.4 Å². The summed E-state index contributed by atoms with van der Waals surface area (Å²) < 4.78 is 12.5. The Balaban J connectivity index is 1.60. The quantitative estimate of drug-likeness (QED) is 0.744. The second-order valence-electron chi connectivity index (χ2n) is 6.77. The molecule has 2 aromatic heterocycles. The van der Waals surface area contributed by atoms with Crippen LogP contribution >= 0.6 is 0 Å². The van der Waals surface area contributed by atoms with Crippen LogP contribution < -0.4 is 10.1 Å². The summed E-state index contributed by atoms with van der Waals surface area (Å²) in [5.74, 6) is 1.34. The Labute approximate surface area is 162 Å². The highest BCUT2D eigenvalue weighted by atomic mass is 16.5. The minimum atomic E-state index is -0.179. The van der Waals surface area contributed by atoms with Crippen LogP contribution in [-0.4, -0.2) is 44.5 Å². The summed E-state index contributed by atoms with van der Waals surface area (Å²) >= 11 is 0. The van der Waals surface area contributed by atoms with Crippen LogP contribution in [0.4, 0.5) is 10.5 Å². The average Bonchev–Trinajstić information content (AvgIpc) is 3.43. The second kappa shape index (κ2) is 7.34. The monoisotopic (exact) mass is 382 g/mol. The van der Waals surface area contributed by atoms with E-state index in [9.17, 15) is 4.79 Å². The molecule has 1 N–H and O–H groups in total. The van der Waals surface area contributed by atoms with Gasteiger partial charge in [0.2, 0.25) is 0 Å². The van der Waals surface area contributed by atoms with Gasteiger partial charge in [-0.1, -0.05) is 5.16 Å². The first-order valence-electron chi connectivity index (χ1n) is 9.12. The first kappa shape index (κ1) is 18.0. The smallest absolute Gasteiger partial charge is 0.322 e. The lowest BCUT2D eigenvalue weighted by molar-refractivity contribution is 0.206. The number of ether oxygens (including phenoxy) is 1. The molecule has 1 atom stereocenters. The van der Waals surface area contributed by atoms with Crippen LogP contribution in [0.25, 0.3) is 5.69 Å². The van der Waals surface area contributed by atoms with E-state index >= 15 is 0 Å². The molecule has 1 aliphatic rings. The van der Waals surface area contributed by atoms with E-state index in [1.54, 1.807) is 30.4 Å². The molecule has 9 nitrogen and oxygen atoms in total. The van der Waals surface area contributed by atoms with Crippen LogP contribution in [0.2, 0.25) is 0 Å². The molecule has 0 spiro atoms. The van der Waals surface area contributed by atoms with Crippen molar-refractivity contribution in [2.45, 2.75) is 32.7 Å². The summed E-state index contributed by atoms with van der Waals surface area (Å²) in [5.41, 5.74) is 3.24. The Bertz CT molecular complexity index is 962. The van der Waals surface area contributed by atoms with E-state index in [2.05, 4.69) is 20.7 Å². The van der Waals surface area contributed by atoms with Gasteiger partial charge in [-0.2, -0.15) is 0 Å². The highest BCUT2D eigenvalue weighted by Crippen LogP contribution is 2.36. The molecule has 0 aliphatic carbocycles. The molecule has 4 rings (SSSR count). The maximum atomic E-state index is 13.1. The van der Waals surface area contributed by atoms with Gasteiger partial charge in [0.15, 0.2) is 0 Å². The first-order valence-corrected chi connectivity index (χ1v) is 9.12. The number of carbonyl (C=O) groups excluding carboxylic acids is 1. The number of methoxy groups -OCH3 is 1. The van der Waals surface area contributed by atoms with Gasteiger partial charge in [0.25, 0.3) is 0 Å². The van der Waals surface area contributed by atoms with Crippen molar-refractivity contribution in [1.29, 1.82) is 0 Å². The number of anilines is 1. The fraction of sp³-hybridized carbons (Fsp3) is 0.368. The minimum Gasteiger partial charge on any atom is -0.495 e. The highest BCUT2D eigenvalue weighted by Gasteiger charge is 2.34. The van der Waals surface area contributed by atoms with E-state index in [-0.39, 0.29) is 12.1 Å². The third-order valence-corrected chi connectivity index (χ3v) is 5.08. The van der Waals surface area contributed by atoms with Crippen molar-refractivity contribution in [3.05, 3.63) is 47.9 Å². The third kappa shape index (κ3) is 3.19. The molecule has 9 heteroatoms. The minimum absolute atomic E-state index is 0.0433. The number of benzene rings is 1. The van der Waals surface area contributed by atoms with Crippen molar-refractivity contribution in [1.82, 2.24) is 24.8 Å². The fourth-order valence-electron chi connectivity index (χ4n) is 3.75. The van der Waals surface area contributed by atoms with E-state index in [0.717, 1.165) is 35.5 Å². The molecule has 0 unspecified atom stereocenters. The number of aryl methyl sites for hydroxylation is 2. The van der Waals surface area contributed by atoms with Crippen molar-refractivity contribution < 1.29 is 14.1 Å². The number of carbonyl (C=O) groups is 1. The van der Waals surface area contributed by atoms with Gasteiger partial charge in [-0.25, -0.2) is 4.79 Å². The molecule has 28 heavy (non-hydrogen) atoms. The largest absolute Gasteiger partial charge is 0.495 e. The SMILES string of the molecule is COc1ccc(-n2cnnc2)cc1NC(=O)N1CCC[C@H]1c1c(C)noc1C. The Kier molecular flexibility index (Phi) is 4.72. The van der Waals surface area contributed by atoms with E-state index in [1.165, 1.54) is 0 Å². The first-order chi connectivity index (χ1) is 13.6. The number of nitrogens with zero attached hydrogens (tertiary/aromatic N) is 5. The van der Waals surface area contributed by atoms with E-state index in [0.29, 0.717) is 18.0 Å². The van der Waals surface area contributed by atoms with Crippen LogP contribution in [0.5, 0.6) is 5.75 Å². The zero-order chi connectivity index (χ0) is 19.7. The molecule has 0 saturated carbocycles. The number of urea groups is 1. The Morgan fingerprint density at radius 3 is 2.75 bits per heavy atom. The molecular formula is C19H22N6O3. The number of likely N-dealkylation sites (tertiary alicyclic amines) is 1. The van der Waals surface area contributed by atoms with Gasteiger partial charge in [0, 0.05) is 12.1 Å². The Morgan fingerprint density at radius 2 is 2.07 bits per heavy atom. The zero-order valence-electron chi connectivity index (χ0n) is 16.0. The molecule has 0 radical (unpaired) electrons. The van der Waals surface area contributed by atoms with Crippen molar-refractivity contribution in [2.24, 2.45) is 0 Å². The summed E-state index contributed by atoms with van der Waals surface area (Å²) in [6.07, 6.45) is 5.01. The van der Waals surface area contributed by atoms with Crippen molar-refractivity contribution in [2.75, 3.05) is 19.0 Å². The van der Waals surface area contributed by atoms with Crippen LogP contribution in [0.15, 0.2) is 35.4 Å². The second-order valence-corrected chi connectivity index (χ2v) is 6.77. The summed E-state index contributed by atoms with van der Waals surface area (Å²) in [5, 5.41) is 14.7. The molecule has 3 heterocycles.